The van der Waals surface area contributed by atoms with Gasteiger partial charge in [-0.05, 0) is 60.4 Å². The maximum Gasteiger partial charge on any atom is 0.280 e. The van der Waals surface area contributed by atoms with Crippen LogP contribution in [0.2, 0.25) is 0 Å². The van der Waals surface area contributed by atoms with E-state index >= 15 is 0 Å². The molecule has 0 saturated carbocycles. The Morgan fingerprint density at radius 1 is 0.857 bits per heavy atom. The summed E-state index contributed by atoms with van der Waals surface area (Å²) in [6.45, 7) is 2.25. The van der Waals surface area contributed by atoms with Gasteiger partial charge in [0.2, 0.25) is 0 Å². The van der Waals surface area contributed by atoms with Crippen LogP contribution in [-0.4, -0.2) is 27.9 Å². The fourth-order valence-electron chi connectivity index (χ4n) is 3.83. The largest absolute Gasteiger partial charge is 0.372 e. The van der Waals surface area contributed by atoms with Crippen molar-refractivity contribution in [1.82, 2.24) is 14.8 Å². The van der Waals surface area contributed by atoms with Crippen molar-refractivity contribution in [3.63, 3.8) is 0 Å². The van der Waals surface area contributed by atoms with E-state index in [-0.39, 0.29) is 5.56 Å². The Balaban J connectivity index is 1.56. The molecule has 0 radical (unpaired) electrons. The van der Waals surface area contributed by atoms with Crippen molar-refractivity contribution in [3.05, 3.63) is 83.4 Å². The lowest BCUT2D eigenvalue weighted by atomic mass is 10.0. The van der Waals surface area contributed by atoms with Crippen molar-refractivity contribution in [1.29, 1.82) is 0 Å². The van der Waals surface area contributed by atoms with Gasteiger partial charge in [-0.15, -0.1) is 0 Å². The van der Waals surface area contributed by atoms with E-state index in [0.29, 0.717) is 11.2 Å². The van der Waals surface area contributed by atoms with Gasteiger partial charge in [-0.25, -0.2) is 4.98 Å². The average Bonchev–Trinajstić information content (AvgIpc) is 3.30. The van der Waals surface area contributed by atoms with E-state index in [4.69, 9.17) is 0 Å². The molecule has 28 heavy (non-hydrogen) atoms. The molecular formula is C23H20N4O. The molecule has 1 fully saturated rings. The van der Waals surface area contributed by atoms with E-state index in [0.717, 1.165) is 29.6 Å². The van der Waals surface area contributed by atoms with Gasteiger partial charge in [0, 0.05) is 30.4 Å². The molecule has 3 heterocycles. The first-order valence-corrected chi connectivity index (χ1v) is 9.58. The third-order valence-corrected chi connectivity index (χ3v) is 5.30. The summed E-state index contributed by atoms with van der Waals surface area (Å²) in [7, 11) is 0. The Labute approximate surface area is 162 Å². The van der Waals surface area contributed by atoms with Gasteiger partial charge in [0.1, 0.15) is 0 Å². The SMILES string of the molecule is O=c1c2ccc(-c3cccc(N4CCCC4)c3)cc2cnn1-c1ccccn1. The lowest BCUT2D eigenvalue weighted by molar-refractivity contribution is 0.794. The van der Waals surface area contributed by atoms with Crippen molar-refractivity contribution < 1.29 is 0 Å². The molecule has 138 valence electrons. The molecule has 0 spiro atoms. The molecule has 1 aliphatic rings. The fraction of sp³-hybridized carbons (Fsp3) is 0.174. The topological polar surface area (TPSA) is 51.0 Å². The Hall–Kier alpha value is -3.47. The van der Waals surface area contributed by atoms with Crippen LogP contribution in [0.15, 0.2) is 77.9 Å². The first kappa shape index (κ1) is 16.7. The minimum atomic E-state index is -0.159. The summed E-state index contributed by atoms with van der Waals surface area (Å²) < 4.78 is 1.34. The highest BCUT2D eigenvalue weighted by Gasteiger charge is 2.13. The Kier molecular flexibility index (Phi) is 4.13. The van der Waals surface area contributed by atoms with Crippen molar-refractivity contribution in [2.45, 2.75) is 12.8 Å². The average molecular weight is 368 g/mol. The van der Waals surface area contributed by atoms with Gasteiger partial charge in [0.15, 0.2) is 5.82 Å². The van der Waals surface area contributed by atoms with Crippen molar-refractivity contribution in [3.8, 4) is 16.9 Å². The summed E-state index contributed by atoms with van der Waals surface area (Å²) >= 11 is 0. The Morgan fingerprint density at radius 3 is 2.54 bits per heavy atom. The molecule has 2 aromatic heterocycles. The van der Waals surface area contributed by atoms with Gasteiger partial charge in [-0.1, -0.05) is 24.3 Å². The highest BCUT2D eigenvalue weighted by atomic mass is 16.1. The molecule has 0 bridgehead atoms. The Morgan fingerprint density at radius 2 is 1.71 bits per heavy atom. The van der Waals surface area contributed by atoms with Gasteiger partial charge >= 0.3 is 0 Å². The number of hydrogen-bond donors (Lipinski definition) is 0. The third-order valence-electron chi connectivity index (χ3n) is 5.30. The molecular weight excluding hydrogens is 348 g/mol. The predicted molar refractivity (Wildman–Crippen MR) is 112 cm³/mol. The minimum absolute atomic E-state index is 0.159. The summed E-state index contributed by atoms with van der Waals surface area (Å²) in [4.78, 5) is 19.5. The third kappa shape index (κ3) is 2.95. The number of anilines is 1. The minimum Gasteiger partial charge on any atom is -0.372 e. The number of benzene rings is 2. The van der Waals surface area contributed by atoms with Crippen molar-refractivity contribution in [2.75, 3.05) is 18.0 Å². The zero-order chi connectivity index (χ0) is 18.9. The number of hydrogen-bond acceptors (Lipinski definition) is 4. The normalized spacial score (nSPS) is 13.9. The number of pyridine rings is 1. The number of aromatic nitrogens is 3. The molecule has 0 atom stereocenters. The van der Waals surface area contributed by atoms with E-state index in [1.165, 1.54) is 23.2 Å². The van der Waals surface area contributed by atoms with E-state index < -0.39 is 0 Å². The van der Waals surface area contributed by atoms with Crippen LogP contribution in [0.4, 0.5) is 5.69 Å². The summed E-state index contributed by atoms with van der Waals surface area (Å²) in [5.41, 5.74) is 3.35. The quantitative estimate of drug-likeness (QED) is 0.547. The zero-order valence-corrected chi connectivity index (χ0v) is 15.5. The van der Waals surface area contributed by atoms with Crippen LogP contribution in [0.5, 0.6) is 0 Å². The highest BCUT2D eigenvalue weighted by molar-refractivity contribution is 5.86. The van der Waals surface area contributed by atoms with Crippen LogP contribution in [-0.2, 0) is 0 Å². The maximum atomic E-state index is 12.9. The second kappa shape index (κ2) is 6.93. The molecule has 1 aliphatic heterocycles. The molecule has 5 nitrogen and oxygen atoms in total. The van der Waals surface area contributed by atoms with Crippen LogP contribution in [0.1, 0.15) is 12.8 Å². The first-order valence-electron chi connectivity index (χ1n) is 9.58. The van der Waals surface area contributed by atoms with Crippen LogP contribution >= 0.6 is 0 Å². The van der Waals surface area contributed by atoms with E-state index in [9.17, 15) is 4.79 Å². The molecule has 0 aliphatic carbocycles. The van der Waals surface area contributed by atoms with Gasteiger partial charge in [0.05, 0.1) is 11.6 Å². The van der Waals surface area contributed by atoms with Crippen molar-refractivity contribution >= 4 is 16.5 Å². The molecule has 0 N–H and O–H groups in total. The standard InChI is InChI=1S/C23H20N4O/c28-23-21-10-9-18(17-6-5-7-20(15-17)26-12-3-4-13-26)14-19(21)16-25-27(23)22-8-1-2-11-24-22/h1-2,5-11,14-16H,3-4,12-13H2. The van der Waals surface area contributed by atoms with Crippen molar-refractivity contribution in [2.24, 2.45) is 0 Å². The smallest absolute Gasteiger partial charge is 0.280 e. The second-order valence-corrected chi connectivity index (χ2v) is 7.10. The van der Waals surface area contributed by atoms with E-state index in [1.807, 2.05) is 30.3 Å². The number of nitrogens with zero attached hydrogens (tertiary/aromatic N) is 4. The summed E-state index contributed by atoms with van der Waals surface area (Å²) in [6, 6.07) is 20.0. The summed E-state index contributed by atoms with van der Waals surface area (Å²) in [6.07, 6.45) is 5.91. The molecule has 1 saturated heterocycles. The van der Waals surface area contributed by atoms with Gasteiger partial charge in [-0.2, -0.15) is 9.78 Å². The summed E-state index contributed by atoms with van der Waals surface area (Å²) in [5, 5.41) is 5.80. The lowest BCUT2D eigenvalue weighted by Gasteiger charge is -2.18. The van der Waals surface area contributed by atoms with Gasteiger partial charge < -0.3 is 4.90 Å². The molecule has 5 heteroatoms. The lowest BCUT2D eigenvalue weighted by Crippen LogP contribution is -2.21. The van der Waals surface area contributed by atoms with Crippen LogP contribution in [0, 0.1) is 0 Å². The van der Waals surface area contributed by atoms with Gasteiger partial charge in [0.25, 0.3) is 5.56 Å². The predicted octanol–water partition coefficient (Wildman–Crippen LogP) is 4.05. The first-order chi connectivity index (χ1) is 13.8. The molecule has 0 amide bonds. The van der Waals surface area contributed by atoms with E-state index in [1.54, 1.807) is 18.5 Å². The molecule has 0 unspecified atom stereocenters. The van der Waals surface area contributed by atoms with Crippen LogP contribution < -0.4 is 10.5 Å². The van der Waals surface area contributed by atoms with Crippen LogP contribution in [0.25, 0.3) is 27.7 Å². The maximum absolute atomic E-state index is 12.9. The van der Waals surface area contributed by atoms with Crippen LogP contribution in [0.3, 0.4) is 0 Å². The zero-order valence-electron chi connectivity index (χ0n) is 15.5. The second-order valence-electron chi connectivity index (χ2n) is 7.10. The molecule has 5 rings (SSSR count). The molecule has 2 aromatic carbocycles. The highest BCUT2D eigenvalue weighted by Crippen LogP contribution is 2.28. The monoisotopic (exact) mass is 368 g/mol. The number of fused-ring (bicyclic) bond motifs is 1. The van der Waals surface area contributed by atoms with E-state index in [2.05, 4.69) is 39.2 Å². The Bertz CT molecular complexity index is 1190. The summed E-state index contributed by atoms with van der Waals surface area (Å²) in [5.74, 6) is 0.525. The van der Waals surface area contributed by atoms with Gasteiger partial charge in [-0.3, -0.25) is 4.79 Å². The number of rotatable bonds is 3. The molecule has 4 aromatic rings. The fourth-order valence-corrected chi connectivity index (χ4v) is 3.83.